The molecular weight excluding hydrogens is 416 g/mol. The van der Waals surface area contributed by atoms with E-state index in [9.17, 15) is 23.2 Å². The van der Waals surface area contributed by atoms with Crippen molar-refractivity contribution in [1.82, 2.24) is 15.5 Å². The van der Waals surface area contributed by atoms with E-state index in [1.54, 1.807) is 11.0 Å². The average molecular weight is 441 g/mol. The highest BCUT2D eigenvalue weighted by molar-refractivity contribution is 5.97. The molecule has 1 aliphatic heterocycles. The maximum atomic E-state index is 13.5. The molecule has 32 heavy (non-hydrogen) atoms. The van der Waals surface area contributed by atoms with Crippen LogP contribution in [0.5, 0.6) is 0 Å². The molecule has 0 unspecified atom stereocenters. The molecule has 8 heteroatoms. The first-order valence-electron chi connectivity index (χ1n) is 10.4. The normalized spacial score (nSPS) is 15.0. The minimum Gasteiger partial charge on any atom is -0.351 e. The second-order valence-electron chi connectivity index (χ2n) is 7.63. The lowest BCUT2D eigenvalue weighted by molar-refractivity contribution is -0.124. The van der Waals surface area contributed by atoms with Crippen LogP contribution in [-0.4, -0.2) is 48.3 Å². The molecule has 2 N–H and O–H groups in total. The van der Waals surface area contributed by atoms with Gasteiger partial charge >= 0.3 is 0 Å². The first kappa shape index (κ1) is 23.1. The van der Waals surface area contributed by atoms with E-state index >= 15 is 0 Å². The van der Waals surface area contributed by atoms with Gasteiger partial charge in [0.2, 0.25) is 5.91 Å². The van der Waals surface area contributed by atoms with Crippen molar-refractivity contribution in [3.63, 3.8) is 0 Å². The number of amides is 3. The van der Waals surface area contributed by atoms with E-state index in [1.807, 2.05) is 0 Å². The Kier molecular flexibility index (Phi) is 7.70. The molecule has 2 aromatic rings. The van der Waals surface area contributed by atoms with Crippen LogP contribution in [0.3, 0.4) is 0 Å². The topological polar surface area (TPSA) is 78.5 Å². The Morgan fingerprint density at radius 1 is 1.03 bits per heavy atom. The molecule has 2 aromatic carbocycles. The SMILES string of the molecule is C=CCNC(=O)[C@@H](NC(=O)c1ccc(F)cc1)C1CCN(C(=O)c2cccc(F)c2)CC1. The maximum Gasteiger partial charge on any atom is 0.253 e. The number of halogens is 2. The van der Waals surface area contributed by atoms with Gasteiger partial charge in [-0.3, -0.25) is 14.4 Å². The molecule has 0 aliphatic carbocycles. The number of nitrogens with zero attached hydrogens (tertiary/aromatic N) is 1. The molecule has 0 spiro atoms. The fourth-order valence-corrected chi connectivity index (χ4v) is 3.75. The summed E-state index contributed by atoms with van der Waals surface area (Å²) >= 11 is 0. The van der Waals surface area contributed by atoms with Crippen LogP contribution in [0.15, 0.2) is 61.2 Å². The van der Waals surface area contributed by atoms with Crippen LogP contribution in [0.1, 0.15) is 33.6 Å². The van der Waals surface area contributed by atoms with Gasteiger partial charge in [0, 0.05) is 30.8 Å². The molecule has 0 radical (unpaired) electrons. The van der Waals surface area contributed by atoms with Crippen LogP contribution >= 0.6 is 0 Å². The Labute approximate surface area is 185 Å². The van der Waals surface area contributed by atoms with E-state index in [0.717, 1.165) is 0 Å². The van der Waals surface area contributed by atoms with Gasteiger partial charge in [-0.2, -0.15) is 0 Å². The van der Waals surface area contributed by atoms with Gasteiger partial charge in [0.15, 0.2) is 0 Å². The molecule has 1 fully saturated rings. The smallest absolute Gasteiger partial charge is 0.253 e. The Hall–Kier alpha value is -3.55. The highest BCUT2D eigenvalue weighted by Gasteiger charge is 2.34. The van der Waals surface area contributed by atoms with Gasteiger partial charge in [0.25, 0.3) is 11.8 Å². The van der Waals surface area contributed by atoms with Crippen molar-refractivity contribution in [1.29, 1.82) is 0 Å². The lowest BCUT2D eigenvalue weighted by Crippen LogP contribution is -2.53. The Balaban J connectivity index is 1.68. The molecule has 1 atom stereocenters. The highest BCUT2D eigenvalue weighted by atomic mass is 19.1. The Morgan fingerprint density at radius 2 is 1.72 bits per heavy atom. The van der Waals surface area contributed by atoms with Gasteiger partial charge < -0.3 is 15.5 Å². The molecule has 3 rings (SSSR count). The van der Waals surface area contributed by atoms with Crippen molar-refractivity contribution in [2.24, 2.45) is 5.92 Å². The maximum absolute atomic E-state index is 13.5. The third kappa shape index (κ3) is 5.78. The van der Waals surface area contributed by atoms with Crippen molar-refractivity contribution in [2.75, 3.05) is 19.6 Å². The monoisotopic (exact) mass is 441 g/mol. The van der Waals surface area contributed by atoms with Crippen molar-refractivity contribution in [3.8, 4) is 0 Å². The van der Waals surface area contributed by atoms with Gasteiger partial charge in [-0.15, -0.1) is 6.58 Å². The molecule has 1 saturated heterocycles. The number of likely N-dealkylation sites (tertiary alicyclic amines) is 1. The summed E-state index contributed by atoms with van der Waals surface area (Å²) in [6.45, 7) is 4.57. The number of rotatable bonds is 7. The van der Waals surface area contributed by atoms with Gasteiger partial charge in [0.1, 0.15) is 17.7 Å². The van der Waals surface area contributed by atoms with Crippen LogP contribution < -0.4 is 10.6 Å². The zero-order valence-corrected chi connectivity index (χ0v) is 17.5. The number of carbonyl (C=O) groups excluding carboxylic acids is 3. The van der Waals surface area contributed by atoms with Crippen molar-refractivity contribution < 1.29 is 23.2 Å². The standard InChI is InChI=1S/C24H25F2N3O3/c1-2-12-27-23(31)21(28-22(30)17-6-8-19(25)9-7-17)16-10-13-29(14-11-16)24(32)18-4-3-5-20(26)15-18/h2-9,15-16,21H,1,10-14H2,(H,27,31)(H,28,30)/t21-/m0/s1. The summed E-state index contributed by atoms with van der Waals surface area (Å²) in [6.07, 6.45) is 2.50. The summed E-state index contributed by atoms with van der Waals surface area (Å²) in [5, 5.41) is 5.46. The summed E-state index contributed by atoms with van der Waals surface area (Å²) in [5.41, 5.74) is 0.514. The van der Waals surface area contributed by atoms with E-state index in [4.69, 9.17) is 0 Å². The van der Waals surface area contributed by atoms with Crippen LogP contribution in [0.2, 0.25) is 0 Å². The second-order valence-corrected chi connectivity index (χ2v) is 7.63. The lowest BCUT2D eigenvalue weighted by Gasteiger charge is -2.35. The first-order valence-corrected chi connectivity index (χ1v) is 10.4. The minimum absolute atomic E-state index is 0.208. The fraction of sp³-hybridized carbons (Fsp3) is 0.292. The molecular formula is C24H25F2N3O3. The van der Waals surface area contributed by atoms with Crippen molar-refractivity contribution >= 4 is 17.7 Å². The number of nitrogens with one attached hydrogen (secondary N) is 2. The Bertz CT molecular complexity index is 986. The molecule has 0 bridgehead atoms. The lowest BCUT2D eigenvalue weighted by atomic mass is 9.88. The summed E-state index contributed by atoms with van der Waals surface area (Å²) < 4.78 is 26.6. The summed E-state index contributed by atoms with van der Waals surface area (Å²) in [4.78, 5) is 39.7. The number of benzene rings is 2. The van der Waals surface area contributed by atoms with E-state index < -0.39 is 23.6 Å². The molecule has 3 amide bonds. The third-order valence-electron chi connectivity index (χ3n) is 5.47. The third-order valence-corrected chi connectivity index (χ3v) is 5.47. The summed E-state index contributed by atoms with van der Waals surface area (Å²) in [5.74, 6) is -2.26. The Morgan fingerprint density at radius 3 is 2.34 bits per heavy atom. The predicted octanol–water partition coefficient (Wildman–Crippen LogP) is 2.92. The van der Waals surface area contributed by atoms with E-state index in [-0.39, 0.29) is 35.4 Å². The fourth-order valence-electron chi connectivity index (χ4n) is 3.75. The molecule has 1 heterocycles. The van der Waals surface area contributed by atoms with Crippen LogP contribution in [0.25, 0.3) is 0 Å². The van der Waals surface area contributed by atoms with Crippen molar-refractivity contribution in [3.05, 3.63) is 83.9 Å². The van der Waals surface area contributed by atoms with Gasteiger partial charge in [0.05, 0.1) is 0 Å². The molecule has 168 valence electrons. The van der Waals surface area contributed by atoms with Crippen LogP contribution in [-0.2, 0) is 4.79 Å². The quantitative estimate of drug-likeness (QED) is 0.649. The zero-order chi connectivity index (χ0) is 23.1. The summed E-state index contributed by atoms with van der Waals surface area (Å²) in [6, 6.07) is 9.76. The van der Waals surface area contributed by atoms with Crippen LogP contribution in [0.4, 0.5) is 8.78 Å². The molecule has 0 saturated carbocycles. The molecule has 1 aliphatic rings. The first-order chi connectivity index (χ1) is 15.4. The predicted molar refractivity (Wildman–Crippen MR) is 116 cm³/mol. The van der Waals surface area contributed by atoms with Crippen LogP contribution in [0, 0.1) is 17.6 Å². The van der Waals surface area contributed by atoms with E-state index in [1.165, 1.54) is 48.5 Å². The number of hydrogen-bond donors (Lipinski definition) is 2. The summed E-state index contributed by atoms with van der Waals surface area (Å²) in [7, 11) is 0. The zero-order valence-electron chi connectivity index (χ0n) is 17.5. The van der Waals surface area contributed by atoms with E-state index in [0.29, 0.717) is 25.9 Å². The minimum atomic E-state index is -0.820. The average Bonchev–Trinajstić information content (AvgIpc) is 2.81. The number of piperidine rings is 1. The van der Waals surface area contributed by atoms with E-state index in [2.05, 4.69) is 17.2 Å². The molecule has 6 nitrogen and oxygen atoms in total. The second kappa shape index (κ2) is 10.7. The highest BCUT2D eigenvalue weighted by Crippen LogP contribution is 2.23. The molecule has 0 aromatic heterocycles. The van der Waals surface area contributed by atoms with Gasteiger partial charge in [-0.25, -0.2) is 8.78 Å². The number of carbonyl (C=O) groups is 3. The van der Waals surface area contributed by atoms with Gasteiger partial charge in [-0.05, 0) is 61.2 Å². The number of hydrogen-bond acceptors (Lipinski definition) is 3. The van der Waals surface area contributed by atoms with Gasteiger partial charge in [-0.1, -0.05) is 12.1 Å². The van der Waals surface area contributed by atoms with Crippen molar-refractivity contribution in [2.45, 2.75) is 18.9 Å². The largest absolute Gasteiger partial charge is 0.351 e.